The van der Waals surface area contributed by atoms with Crippen molar-refractivity contribution < 1.29 is 9.59 Å². The maximum Gasteiger partial charge on any atom is 0.224 e. The highest BCUT2D eigenvalue weighted by molar-refractivity contribution is 6.13. The SMILES string of the molecule is CC(=O)N1c2ccccc2[C@]2(C(=O)c3ccccc3)[C@@H](c3ccc(C)cn3)C[C@]12C. The second-order valence-electron chi connectivity index (χ2n) is 8.67. The van der Waals surface area contributed by atoms with Crippen LogP contribution in [-0.2, 0) is 10.2 Å². The Morgan fingerprint density at radius 2 is 1.70 bits per heavy atom. The van der Waals surface area contributed by atoms with E-state index in [1.165, 1.54) is 0 Å². The van der Waals surface area contributed by atoms with Crippen molar-refractivity contribution >= 4 is 17.4 Å². The van der Waals surface area contributed by atoms with Crippen LogP contribution in [-0.4, -0.2) is 22.2 Å². The van der Waals surface area contributed by atoms with Gasteiger partial charge in [-0.2, -0.15) is 0 Å². The second-order valence-corrected chi connectivity index (χ2v) is 8.67. The predicted octanol–water partition coefficient (Wildman–Crippen LogP) is 4.82. The number of fused-ring (bicyclic) bond motifs is 3. The molecule has 1 aliphatic heterocycles. The van der Waals surface area contributed by atoms with Gasteiger partial charge in [-0.05, 0) is 43.5 Å². The summed E-state index contributed by atoms with van der Waals surface area (Å²) in [6.07, 6.45) is 2.55. The second kappa shape index (κ2) is 6.36. The number of carbonyl (C=O) groups is 2. The summed E-state index contributed by atoms with van der Waals surface area (Å²) in [5.41, 5.74) is 2.93. The molecule has 0 radical (unpaired) electrons. The molecule has 1 aliphatic carbocycles. The number of hydrogen-bond donors (Lipinski definition) is 0. The number of Topliss-reactive ketones (excluding diaryl/α,β-unsaturated/α-hetero) is 1. The molecule has 4 heteroatoms. The number of nitrogens with zero attached hydrogens (tertiary/aromatic N) is 2. The minimum atomic E-state index is -0.862. The van der Waals surface area contributed by atoms with E-state index in [2.05, 4.69) is 6.92 Å². The summed E-state index contributed by atoms with van der Waals surface area (Å²) in [6, 6.07) is 21.4. The third-order valence-corrected chi connectivity index (χ3v) is 7.04. The first-order valence-corrected chi connectivity index (χ1v) is 10.3. The Morgan fingerprint density at radius 1 is 1.00 bits per heavy atom. The summed E-state index contributed by atoms with van der Waals surface area (Å²) < 4.78 is 0. The van der Waals surface area contributed by atoms with Crippen molar-refractivity contribution in [2.24, 2.45) is 0 Å². The van der Waals surface area contributed by atoms with Crippen molar-refractivity contribution in [2.45, 2.75) is 44.1 Å². The van der Waals surface area contributed by atoms with Gasteiger partial charge < -0.3 is 4.90 Å². The lowest BCUT2D eigenvalue weighted by molar-refractivity contribution is -0.118. The van der Waals surface area contributed by atoms with Gasteiger partial charge in [0.05, 0.1) is 11.0 Å². The predicted molar refractivity (Wildman–Crippen MR) is 117 cm³/mol. The zero-order valence-corrected chi connectivity index (χ0v) is 17.4. The van der Waals surface area contributed by atoms with E-state index in [1.54, 1.807) is 6.92 Å². The Kier molecular flexibility index (Phi) is 3.97. The van der Waals surface area contributed by atoms with Crippen LogP contribution < -0.4 is 4.90 Å². The van der Waals surface area contributed by atoms with Gasteiger partial charge in [-0.25, -0.2) is 0 Å². The number of rotatable bonds is 3. The fourth-order valence-electron chi connectivity index (χ4n) is 5.84. The van der Waals surface area contributed by atoms with Crippen molar-refractivity contribution in [3.05, 3.63) is 95.3 Å². The zero-order valence-electron chi connectivity index (χ0n) is 17.4. The molecule has 4 nitrogen and oxygen atoms in total. The smallest absolute Gasteiger partial charge is 0.224 e. The van der Waals surface area contributed by atoms with E-state index >= 15 is 0 Å². The van der Waals surface area contributed by atoms with E-state index < -0.39 is 11.0 Å². The van der Waals surface area contributed by atoms with Gasteiger partial charge in [-0.1, -0.05) is 54.6 Å². The van der Waals surface area contributed by atoms with Gasteiger partial charge in [-0.15, -0.1) is 0 Å². The number of benzene rings is 2. The average Bonchev–Trinajstić information content (AvgIpc) is 2.91. The van der Waals surface area contributed by atoms with Crippen LogP contribution in [0.3, 0.4) is 0 Å². The first-order chi connectivity index (χ1) is 14.4. The molecule has 5 rings (SSSR count). The summed E-state index contributed by atoms with van der Waals surface area (Å²) in [5, 5.41) is 0. The number of anilines is 1. The summed E-state index contributed by atoms with van der Waals surface area (Å²) in [6.45, 7) is 5.65. The Bertz CT molecular complexity index is 1160. The highest BCUT2D eigenvalue weighted by atomic mass is 16.2. The van der Waals surface area contributed by atoms with Crippen molar-refractivity contribution in [3.8, 4) is 0 Å². The first-order valence-electron chi connectivity index (χ1n) is 10.3. The van der Waals surface area contributed by atoms with Gasteiger partial charge in [0.1, 0.15) is 0 Å². The normalized spacial score (nSPS) is 26.5. The van der Waals surface area contributed by atoms with E-state index in [0.717, 1.165) is 22.5 Å². The maximum atomic E-state index is 14.3. The molecule has 1 aromatic heterocycles. The lowest BCUT2D eigenvalue weighted by atomic mass is 9.44. The molecular formula is C26H24N2O2. The molecule has 0 bridgehead atoms. The molecule has 150 valence electrons. The van der Waals surface area contributed by atoms with Crippen LogP contribution >= 0.6 is 0 Å². The average molecular weight is 396 g/mol. The number of pyridine rings is 1. The third kappa shape index (κ3) is 2.19. The Hall–Kier alpha value is -3.27. The quantitative estimate of drug-likeness (QED) is 0.596. The van der Waals surface area contributed by atoms with Gasteiger partial charge in [0.15, 0.2) is 5.78 Å². The third-order valence-electron chi connectivity index (χ3n) is 7.04. The lowest BCUT2D eigenvalue weighted by Crippen LogP contribution is -2.71. The fourth-order valence-corrected chi connectivity index (χ4v) is 5.84. The summed E-state index contributed by atoms with van der Waals surface area (Å²) in [7, 11) is 0. The van der Waals surface area contributed by atoms with Gasteiger partial charge in [0.25, 0.3) is 0 Å². The molecule has 30 heavy (non-hydrogen) atoms. The molecule has 1 fully saturated rings. The van der Waals surface area contributed by atoms with Gasteiger partial charge >= 0.3 is 0 Å². The molecule has 3 atom stereocenters. The molecule has 0 unspecified atom stereocenters. The molecule has 0 spiro atoms. The molecule has 1 amide bonds. The van der Waals surface area contributed by atoms with Crippen LogP contribution in [0.1, 0.15) is 53.4 Å². The van der Waals surface area contributed by atoms with Gasteiger partial charge in [0, 0.05) is 36.0 Å². The standard InChI is InChI=1S/C26H24N2O2/c1-17-13-14-22(27-16-17)21-15-25(3)26(21,24(30)19-9-5-4-6-10-19)20-11-7-8-12-23(20)28(25)18(2)29/h4-14,16,21H,15H2,1-3H3/t21-,25+,26-/m1/s1. The lowest BCUT2D eigenvalue weighted by Gasteiger charge is -2.60. The number of ketones is 1. The number of aromatic nitrogens is 1. The zero-order chi connectivity index (χ0) is 21.1. The van der Waals surface area contributed by atoms with E-state index in [1.807, 2.05) is 84.8 Å². The van der Waals surface area contributed by atoms with E-state index in [4.69, 9.17) is 4.98 Å². The summed E-state index contributed by atoms with van der Waals surface area (Å²) >= 11 is 0. The van der Waals surface area contributed by atoms with Gasteiger partial charge in [-0.3, -0.25) is 14.6 Å². The summed E-state index contributed by atoms with van der Waals surface area (Å²) in [5.74, 6) is -0.0790. The van der Waals surface area contributed by atoms with Crippen LogP contribution in [0.5, 0.6) is 0 Å². The Labute approximate surface area is 176 Å². The maximum absolute atomic E-state index is 14.3. The molecule has 0 saturated heterocycles. The van der Waals surface area contributed by atoms with Gasteiger partial charge in [0.2, 0.25) is 5.91 Å². The molecule has 2 aliphatic rings. The monoisotopic (exact) mass is 396 g/mol. The molecule has 1 saturated carbocycles. The van der Waals surface area contributed by atoms with Crippen molar-refractivity contribution in [2.75, 3.05) is 4.90 Å². The minimum Gasteiger partial charge on any atom is -0.305 e. The van der Waals surface area contributed by atoms with E-state index in [0.29, 0.717) is 12.0 Å². The fraction of sp³-hybridized carbons (Fsp3) is 0.269. The van der Waals surface area contributed by atoms with E-state index in [-0.39, 0.29) is 17.6 Å². The molecular weight excluding hydrogens is 372 g/mol. The molecule has 2 aromatic carbocycles. The minimum absolute atomic E-state index is 0.0389. The number of amides is 1. The van der Waals surface area contributed by atoms with Crippen LogP contribution in [0.15, 0.2) is 72.9 Å². The molecule has 3 aromatic rings. The molecule has 2 heterocycles. The number of para-hydroxylation sites is 1. The largest absolute Gasteiger partial charge is 0.305 e. The summed E-state index contributed by atoms with van der Waals surface area (Å²) in [4.78, 5) is 33.6. The molecule has 0 N–H and O–H groups in total. The van der Waals surface area contributed by atoms with Crippen LogP contribution in [0.25, 0.3) is 0 Å². The highest BCUT2D eigenvalue weighted by Gasteiger charge is 2.75. The van der Waals surface area contributed by atoms with Crippen molar-refractivity contribution in [1.82, 2.24) is 4.98 Å². The Balaban J connectivity index is 1.79. The highest BCUT2D eigenvalue weighted by Crippen LogP contribution is 2.69. The number of aryl methyl sites for hydroxylation is 1. The number of hydrogen-bond acceptors (Lipinski definition) is 3. The number of carbonyl (C=O) groups excluding carboxylic acids is 2. The van der Waals surface area contributed by atoms with E-state index in [9.17, 15) is 9.59 Å². The topological polar surface area (TPSA) is 50.3 Å². The Morgan fingerprint density at radius 3 is 2.37 bits per heavy atom. The van der Waals surface area contributed by atoms with Crippen molar-refractivity contribution in [3.63, 3.8) is 0 Å². The van der Waals surface area contributed by atoms with Crippen LogP contribution in [0.4, 0.5) is 5.69 Å². The van der Waals surface area contributed by atoms with Crippen molar-refractivity contribution in [1.29, 1.82) is 0 Å². The van der Waals surface area contributed by atoms with Crippen LogP contribution in [0.2, 0.25) is 0 Å². The van der Waals surface area contributed by atoms with Crippen LogP contribution in [0, 0.1) is 6.92 Å². The first kappa shape index (κ1) is 18.7.